The maximum atomic E-state index is 10.7. The SMILES string of the molecule is O=CCCC(C=O)N(CC(=O)O)CC(=O)O. The van der Waals surface area contributed by atoms with Crippen molar-refractivity contribution in [1.82, 2.24) is 4.90 Å². The van der Waals surface area contributed by atoms with Gasteiger partial charge in [0.05, 0.1) is 19.1 Å². The second kappa shape index (κ2) is 7.52. The number of hydrogen-bond donors (Lipinski definition) is 2. The van der Waals surface area contributed by atoms with Crippen LogP contribution in [0.3, 0.4) is 0 Å². The van der Waals surface area contributed by atoms with E-state index >= 15 is 0 Å². The summed E-state index contributed by atoms with van der Waals surface area (Å²) in [6.45, 7) is -1.09. The van der Waals surface area contributed by atoms with E-state index in [1.54, 1.807) is 0 Å². The lowest BCUT2D eigenvalue weighted by Crippen LogP contribution is -2.43. The van der Waals surface area contributed by atoms with Gasteiger partial charge >= 0.3 is 11.9 Å². The number of nitrogens with zero attached hydrogens (tertiary/aromatic N) is 1. The van der Waals surface area contributed by atoms with E-state index in [9.17, 15) is 19.2 Å². The highest BCUT2D eigenvalue weighted by molar-refractivity contribution is 5.74. The van der Waals surface area contributed by atoms with Crippen molar-refractivity contribution < 1.29 is 29.4 Å². The molecule has 0 aromatic heterocycles. The topological polar surface area (TPSA) is 112 Å². The fraction of sp³-hybridized carbons (Fsp3) is 0.556. The molecule has 1 atom stereocenters. The summed E-state index contributed by atoms with van der Waals surface area (Å²) in [6, 6.07) is -0.864. The number of aldehydes is 2. The lowest BCUT2D eigenvalue weighted by atomic mass is 10.1. The van der Waals surface area contributed by atoms with Crippen LogP contribution in [0.2, 0.25) is 0 Å². The number of aliphatic carboxylic acids is 2. The molecular formula is C9H13NO6. The lowest BCUT2D eigenvalue weighted by molar-refractivity contribution is -0.143. The van der Waals surface area contributed by atoms with Gasteiger partial charge in [0.2, 0.25) is 0 Å². The Morgan fingerprint density at radius 2 is 1.62 bits per heavy atom. The van der Waals surface area contributed by atoms with Crippen LogP contribution in [0.5, 0.6) is 0 Å². The van der Waals surface area contributed by atoms with E-state index < -0.39 is 31.1 Å². The van der Waals surface area contributed by atoms with E-state index in [4.69, 9.17) is 10.2 Å². The summed E-state index contributed by atoms with van der Waals surface area (Å²) < 4.78 is 0. The number of carbonyl (C=O) groups is 4. The van der Waals surface area contributed by atoms with E-state index in [0.717, 1.165) is 4.90 Å². The van der Waals surface area contributed by atoms with Crippen molar-refractivity contribution >= 4 is 24.5 Å². The van der Waals surface area contributed by atoms with Crippen LogP contribution in [0, 0.1) is 0 Å². The highest BCUT2D eigenvalue weighted by Crippen LogP contribution is 2.04. The molecule has 0 saturated heterocycles. The minimum absolute atomic E-state index is 0.0825. The van der Waals surface area contributed by atoms with Crippen LogP contribution in [0.25, 0.3) is 0 Å². The van der Waals surface area contributed by atoms with Gasteiger partial charge in [0.25, 0.3) is 0 Å². The third-order valence-corrected chi connectivity index (χ3v) is 1.88. The average Bonchev–Trinajstić information content (AvgIpc) is 2.16. The Hall–Kier alpha value is -1.76. The molecular weight excluding hydrogens is 218 g/mol. The first kappa shape index (κ1) is 14.2. The van der Waals surface area contributed by atoms with Gasteiger partial charge in [0, 0.05) is 6.42 Å². The largest absolute Gasteiger partial charge is 0.480 e. The zero-order valence-electron chi connectivity index (χ0n) is 8.54. The molecule has 0 aliphatic carbocycles. The van der Waals surface area contributed by atoms with Gasteiger partial charge in [-0.05, 0) is 6.42 Å². The average molecular weight is 231 g/mol. The van der Waals surface area contributed by atoms with Gasteiger partial charge in [-0.2, -0.15) is 0 Å². The summed E-state index contributed by atoms with van der Waals surface area (Å²) in [4.78, 5) is 42.7. The van der Waals surface area contributed by atoms with Gasteiger partial charge in [0.15, 0.2) is 0 Å². The zero-order chi connectivity index (χ0) is 12.6. The number of carboxylic acid groups (broad SMARTS) is 2. The Morgan fingerprint density at radius 3 is 1.94 bits per heavy atom. The Kier molecular flexibility index (Phi) is 6.69. The minimum atomic E-state index is -1.22. The molecule has 16 heavy (non-hydrogen) atoms. The van der Waals surface area contributed by atoms with Gasteiger partial charge in [-0.3, -0.25) is 14.5 Å². The molecule has 0 aromatic carbocycles. The Balaban J connectivity index is 4.53. The molecule has 0 radical (unpaired) electrons. The molecule has 0 aliphatic heterocycles. The minimum Gasteiger partial charge on any atom is -0.480 e. The molecule has 7 heteroatoms. The predicted molar refractivity (Wildman–Crippen MR) is 52.0 cm³/mol. The second-order valence-electron chi connectivity index (χ2n) is 3.14. The fourth-order valence-electron chi connectivity index (χ4n) is 1.21. The fourth-order valence-corrected chi connectivity index (χ4v) is 1.21. The predicted octanol–water partition coefficient (Wildman–Crippen LogP) is -0.996. The number of carbonyl (C=O) groups excluding carboxylic acids is 2. The van der Waals surface area contributed by atoms with Crippen LogP contribution in [-0.4, -0.2) is 58.8 Å². The van der Waals surface area contributed by atoms with Crippen molar-refractivity contribution in [2.45, 2.75) is 18.9 Å². The summed E-state index contributed by atoms with van der Waals surface area (Å²) in [5.74, 6) is -2.45. The van der Waals surface area contributed by atoms with E-state index in [0.29, 0.717) is 12.6 Å². The first-order valence-corrected chi connectivity index (χ1v) is 4.57. The van der Waals surface area contributed by atoms with E-state index in [1.807, 2.05) is 0 Å². The van der Waals surface area contributed by atoms with Crippen LogP contribution in [-0.2, 0) is 19.2 Å². The van der Waals surface area contributed by atoms with Crippen LogP contribution < -0.4 is 0 Å². The van der Waals surface area contributed by atoms with Crippen molar-refractivity contribution in [3.8, 4) is 0 Å². The Labute approximate surface area is 91.7 Å². The van der Waals surface area contributed by atoms with E-state index in [-0.39, 0.29) is 12.8 Å². The first-order valence-electron chi connectivity index (χ1n) is 4.57. The van der Waals surface area contributed by atoms with Crippen LogP contribution in [0.4, 0.5) is 0 Å². The van der Waals surface area contributed by atoms with Gasteiger partial charge in [0.1, 0.15) is 12.6 Å². The number of carboxylic acids is 2. The summed E-state index contributed by atoms with van der Waals surface area (Å²) in [5.41, 5.74) is 0. The molecule has 0 bridgehead atoms. The monoisotopic (exact) mass is 231 g/mol. The van der Waals surface area contributed by atoms with Crippen LogP contribution >= 0.6 is 0 Å². The standard InChI is InChI=1S/C9H13NO6/c11-3-1-2-7(6-12)10(4-8(13)14)5-9(15)16/h3,6-7H,1-2,4-5H2,(H,13,14)(H,15,16). The third-order valence-electron chi connectivity index (χ3n) is 1.88. The van der Waals surface area contributed by atoms with Crippen molar-refractivity contribution in [1.29, 1.82) is 0 Å². The van der Waals surface area contributed by atoms with Crippen molar-refractivity contribution in [2.24, 2.45) is 0 Å². The quantitative estimate of drug-likeness (QED) is 0.489. The zero-order valence-corrected chi connectivity index (χ0v) is 8.54. The molecule has 2 N–H and O–H groups in total. The molecule has 0 aromatic rings. The highest BCUT2D eigenvalue weighted by Gasteiger charge is 2.22. The van der Waals surface area contributed by atoms with Gasteiger partial charge in [-0.25, -0.2) is 0 Å². The summed E-state index contributed by atoms with van der Waals surface area (Å²) in [6.07, 6.45) is 1.25. The highest BCUT2D eigenvalue weighted by atomic mass is 16.4. The Morgan fingerprint density at radius 1 is 1.12 bits per heavy atom. The van der Waals surface area contributed by atoms with Gasteiger partial charge < -0.3 is 19.8 Å². The van der Waals surface area contributed by atoms with Crippen molar-refractivity contribution in [2.75, 3.05) is 13.1 Å². The van der Waals surface area contributed by atoms with Gasteiger partial charge in [-0.15, -0.1) is 0 Å². The molecule has 0 saturated carbocycles. The summed E-state index contributed by atoms with van der Waals surface area (Å²) >= 11 is 0. The smallest absolute Gasteiger partial charge is 0.317 e. The van der Waals surface area contributed by atoms with Crippen molar-refractivity contribution in [3.05, 3.63) is 0 Å². The van der Waals surface area contributed by atoms with Crippen molar-refractivity contribution in [3.63, 3.8) is 0 Å². The molecule has 0 amide bonds. The summed E-state index contributed by atoms with van der Waals surface area (Å²) in [7, 11) is 0. The lowest BCUT2D eigenvalue weighted by Gasteiger charge is -2.23. The van der Waals surface area contributed by atoms with Crippen LogP contribution in [0.1, 0.15) is 12.8 Å². The molecule has 0 heterocycles. The molecule has 7 nitrogen and oxygen atoms in total. The molecule has 90 valence electrons. The maximum absolute atomic E-state index is 10.7. The Bertz CT molecular complexity index is 261. The second-order valence-corrected chi connectivity index (χ2v) is 3.14. The number of hydrogen-bond acceptors (Lipinski definition) is 5. The molecule has 0 spiro atoms. The van der Waals surface area contributed by atoms with Gasteiger partial charge in [-0.1, -0.05) is 0 Å². The van der Waals surface area contributed by atoms with E-state index in [2.05, 4.69) is 0 Å². The third kappa shape index (κ3) is 5.86. The number of rotatable bonds is 9. The molecule has 0 rings (SSSR count). The molecule has 0 aliphatic rings. The maximum Gasteiger partial charge on any atom is 0.317 e. The van der Waals surface area contributed by atoms with E-state index in [1.165, 1.54) is 0 Å². The molecule has 1 unspecified atom stereocenters. The summed E-state index contributed by atoms with van der Waals surface area (Å²) in [5, 5.41) is 17.1. The van der Waals surface area contributed by atoms with Crippen LogP contribution in [0.15, 0.2) is 0 Å². The molecule has 0 fully saturated rings. The normalized spacial score (nSPS) is 12.1. The first-order chi connectivity index (χ1) is 7.51.